The third kappa shape index (κ3) is 5.48. The van der Waals surface area contributed by atoms with Crippen LogP contribution in [-0.2, 0) is 17.6 Å². The quantitative estimate of drug-likeness (QED) is 0.438. The average Bonchev–Trinajstić information content (AvgIpc) is 3.19. The number of anilines is 1. The average molecular weight is 409 g/mol. The van der Waals surface area contributed by atoms with Gasteiger partial charge in [-0.2, -0.15) is 0 Å². The Morgan fingerprint density at radius 1 is 1.10 bits per heavy atom. The Kier molecular flexibility index (Phi) is 7.63. The number of unbranched alkanes of at least 4 members (excludes halogenated alkanes) is 1. The van der Waals surface area contributed by atoms with Crippen molar-refractivity contribution in [2.24, 2.45) is 0 Å². The van der Waals surface area contributed by atoms with E-state index >= 15 is 0 Å². The molecule has 0 spiro atoms. The van der Waals surface area contributed by atoms with Crippen LogP contribution in [-0.4, -0.2) is 50.4 Å². The van der Waals surface area contributed by atoms with Gasteiger partial charge >= 0.3 is 0 Å². The maximum atomic E-state index is 12.6. The standard InChI is InChI=1S/C25H32N2O3/c1-19(28)27-17-14-21-18-22(11-12-23(21)27)24(29)9-6-7-15-26(2)16-13-20-8-4-5-10-25(20)30-3/h4-5,8,10-12,18H,6-7,9,13-17H2,1-3H3. The minimum absolute atomic E-state index is 0.0580. The number of carbonyl (C=O) groups is 2. The molecule has 1 aliphatic heterocycles. The van der Waals surface area contributed by atoms with Gasteiger partial charge in [0.1, 0.15) is 5.75 Å². The summed E-state index contributed by atoms with van der Waals surface area (Å²) in [5, 5.41) is 0. The van der Waals surface area contributed by atoms with E-state index in [0.29, 0.717) is 13.0 Å². The van der Waals surface area contributed by atoms with Crippen molar-refractivity contribution in [3.05, 3.63) is 59.2 Å². The summed E-state index contributed by atoms with van der Waals surface area (Å²) >= 11 is 0. The van der Waals surface area contributed by atoms with Gasteiger partial charge in [-0.25, -0.2) is 0 Å². The molecule has 0 saturated carbocycles. The van der Waals surface area contributed by atoms with Gasteiger partial charge in [0, 0.05) is 37.7 Å². The van der Waals surface area contributed by atoms with Crippen molar-refractivity contribution >= 4 is 17.4 Å². The molecule has 0 aromatic heterocycles. The zero-order valence-corrected chi connectivity index (χ0v) is 18.3. The van der Waals surface area contributed by atoms with Crippen molar-refractivity contribution in [2.75, 3.05) is 38.7 Å². The second kappa shape index (κ2) is 10.4. The second-order valence-electron chi connectivity index (χ2n) is 8.01. The molecule has 2 aromatic rings. The molecule has 2 aromatic carbocycles. The predicted molar refractivity (Wildman–Crippen MR) is 121 cm³/mol. The third-order valence-electron chi connectivity index (χ3n) is 5.83. The zero-order valence-electron chi connectivity index (χ0n) is 18.3. The molecule has 5 heteroatoms. The highest BCUT2D eigenvalue weighted by Gasteiger charge is 2.23. The van der Waals surface area contributed by atoms with Crippen LogP contribution in [0.25, 0.3) is 0 Å². The van der Waals surface area contributed by atoms with E-state index in [1.54, 1.807) is 18.9 Å². The molecule has 0 N–H and O–H groups in total. The number of ketones is 1. The van der Waals surface area contributed by atoms with E-state index in [4.69, 9.17) is 4.74 Å². The van der Waals surface area contributed by atoms with Crippen molar-refractivity contribution in [3.8, 4) is 5.75 Å². The molecule has 1 amide bonds. The van der Waals surface area contributed by atoms with E-state index in [9.17, 15) is 9.59 Å². The number of likely N-dealkylation sites (N-methyl/N-ethyl adjacent to an activating group) is 1. The first-order valence-electron chi connectivity index (χ1n) is 10.7. The minimum atomic E-state index is 0.0580. The van der Waals surface area contributed by atoms with E-state index in [1.165, 1.54) is 5.56 Å². The van der Waals surface area contributed by atoms with E-state index in [0.717, 1.165) is 61.3 Å². The van der Waals surface area contributed by atoms with Gasteiger partial charge in [0.05, 0.1) is 7.11 Å². The lowest BCUT2D eigenvalue weighted by Gasteiger charge is -2.17. The number of methoxy groups -OCH3 is 1. The molecule has 160 valence electrons. The number of para-hydroxylation sites is 1. The lowest BCUT2D eigenvalue weighted by atomic mass is 10.0. The molecule has 0 atom stereocenters. The van der Waals surface area contributed by atoms with Gasteiger partial charge in [-0.15, -0.1) is 0 Å². The van der Waals surface area contributed by atoms with Crippen LogP contribution in [0.4, 0.5) is 5.69 Å². The maximum Gasteiger partial charge on any atom is 0.223 e. The van der Waals surface area contributed by atoms with Gasteiger partial charge < -0.3 is 14.5 Å². The summed E-state index contributed by atoms with van der Waals surface area (Å²) in [6.07, 6.45) is 4.22. The summed E-state index contributed by atoms with van der Waals surface area (Å²) < 4.78 is 5.41. The van der Waals surface area contributed by atoms with Crippen LogP contribution in [0.1, 0.15) is 47.7 Å². The fourth-order valence-electron chi connectivity index (χ4n) is 4.05. The number of nitrogens with zero attached hydrogens (tertiary/aromatic N) is 2. The van der Waals surface area contributed by atoms with Gasteiger partial charge in [0.2, 0.25) is 5.91 Å². The summed E-state index contributed by atoms with van der Waals surface area (Å²) in [5.74, 6) is 1.19. The third-order valence-corrected chi connectivity index (χ3v) is 5.83. The number of hydrogen-bond donors (Lipinski definition) is 0. The van der Waals surface area contributed by atoms with E-state index in [2.05, 4.69) is 18.0 Å². The first-order valence-corrected chi connectivity index (χ1v) is 10.7. The summed E-state index contributed by atoms with van der Waals surface area (Å²) in [6, 6.07) is 13.9. The van der Waals surface area contributed by atoms with Crippen LogP contribution < -0.4 is 9.64 Å². The Labute approximate surface area is 179 Å². The molecule has 0 aliphatic carbocycles. The zero-order chi connectivity index (χ0) is 21.5. The number of fused-ring (bicyclic) bond motifs is 1. The normalized spacial score (nSPS) is 12.9. The Bertz CT molecular complexity index is 894. The largest absolute Gasteiger partial charge is 0.496 e. The van der Waals surface area contributed by atoms with Crippen LogP contribution in [0.15, 0.2) is 42.5 Å². The summed E-state index contributed by atoms with van der Waals surface area (Å²) in [6.45, 7) is 4.23. The fourth-order valence-corrected chi connectivity index (χ4v) is 4.05. The van der Waals surface area contributed by atoms with Crippen LogP contribution in [0.3, 0.4) is 0 Å². The lowest BCUT2D eigenvalue weighted by molar-refractivity contribution is -0.116. The maximum absolute atomic E-state index is 12.6. The first-order chi connectivity index (χ1) is 14.5. The van der Waals surface area contributed by atoms with Gasteiger partial charge in [-0.3, -0.25) is 9.59 Å². The van der Waals surface area contributed by atoms with Crippen molar-refractivity contribution in [1.82, 2.24) is 4.90 Å². The fraction of sp³-hybridized carbons (Fsp3) is 0.440. The molecule has 0 fully saturated rings. The van der Waals surface area contributed by atoms with E-state index in [-0.39, 0.29) is 11.7 Å². The van der Waals surface area contributed by atoms with Gasteiger partial charge in [0.15, 0.2) is 5.78 Å². The number of hydrogen-bond acceptors (Lipinski definition) is 4. The van der Waals surface area contributed by atoms with Crippen LogP contribution >= 0.6 is 0 Å². The number of carbonyl (C=O) groups excluding carboxylic acids is 2. The minimum Gasteiger partial charge on any atom is -0.496 e. The van der Waals surface area contributed by atoms with Crippen LogP contribution in [0, 0.1) is 0 Å². The SMILES string of the molecule is COc1ccccc1CCN(C)CCCCC(=O)c1ccc2c(c1)CCN2C(C)=O. The second-order valence-corrected chi connectivity index (χ2v) is 8.01. The van der Waals surface area contributed by atoms with Crippen LogP contribution in [0.5, 0.6) is 5.75 Å². The molecule has 0 radical (unpaired) electrons. The van der Waals surface area contributed by atoms with Crippen molar-refractivity contribution in [2.45, 2.75) is 39.0 Å². The number of rotatable bonds is 10. The number of ether oxygens (including phenoxy) is 1. The Morgan fingerprint density at radius 3 is 2.67 bits per heavy atom. The molecule has 0 saturated heterocycles. The summed E-state index contributed by atoms with van der Waals surface area (Å²) in [5.41, 5.74) is 4.05. The predicted octanol–water partition coefficient (Wildman–Crippen LogP) is 4.13. The molecular weight excluding hydrogens is 376 g/mol. The molecule has 30 heavy (non-hydrogen) atoms. The Balaban J connectivity index is 1.40. The Hall–Kier alpha value is -2.66. The molecule has 0 bridgehead atoms. The highest BCUT2D eigenvalue weighted by Crippen LogP contribution is 2.29. The smallest absolute Gasteiger partial charge is 0.223 e. The van der Waals surface area contributed by atoms with Crippen LogP contribution in [0.2, 0.25) is 0 Å². The first kappa shape index (κ1) is 22.0. The van der Waals surface area contributed by atoms with Gasteiger partial charge in [-0.05, 0) is 74.7 Å². The lowest BCUT2D eigenvalue weighted by Crippen LogP contribution is -2.25. The van der Waals surface area contributed by atoms with Crippen molar-refractivity contribution < 1.29 is 14.3 Å². The van der Waals surface area contributed by atoms with E-state index in [1.807, 2.05) is 36.4 Å². The van der Waals surface area contributed by atoms with Crippen molar-refractivity contribution in [1.29, 1.82) is 0 Å². The molecule has 0 unspecified atom stereocenters. The van der Waals surface area contributed by atoms with Gasteiger partial charge in [0.25, 0.3) is 0 Å². The highest BCUT2D eigenvalue weighted by molar-refractivity contribution is 5.98. The highest BCUT2D eigenvalue weighted by atomic mass is 16.5. The topological polar surface area (TPSA) is 49.9 Å². The number of Topliss-reactive ketones (excluding diaryl/α,β-unsaturated/α-hetero) is 1. The number of amides is 1. The van der Waals surface area contributed by atoms with Gasteiger partial charge in [-0.1, -0.05) is 18.2 Å². The number of benzene rings is 2. The molecule has 5 nitrogen and oxygen atoms in total. The Morgan fingerprint density at radius 2 is 1.90 bits per heavy atom. The molecule has 3 rings (SSSR count). The summed E-state index contributed by atoms with van der Waals surface area (Å²) in [7, 11) is 3.83. The monoisotopic (exact) mass is 408 g/mol. The van der Waals surface area contributed by atoms with E-state index < -0.39 is 0 Å². The summed E-state index contributed by atoms with van der Waals surface area (Å²) in [4.78, 5) is 28.3. The van der Waals surface area contributed by atoms with Crippen molar-refractivity contribution in [3.63, 3.8) is 0 Å². The molecule has 1 aliphatic rings. The molecular formula is C25H32N2O3. The molecule has 1 heterocycles.